The highest BCUT2D eigenvalue weighted by Crippen LogP contribution is 2.16. The SMILES string of the molecule is Cc1cc(N)ccn1.Cc1cc(NCC(F)(F)F)ccn1. The van der Waals surface area contributed by atoms with Crippen LogP contribution >= 0.6 is 0 Å². The highest BCUT2D eigenvalue weighted by molar-refractivity contribution is 5.43. The highest BCUT2D eigenvalue weighted by atomic mass is 19.4. The number of halogens is 3. The number of aryl methyl sites for hydroxylation is 2. The van der Waals surface area contributed by atoms with E-state index in [1.165, 1.54) is 12.3 Å². The molecule has 0 fully saturated rings. The first-order chi connectivity index (χ1) is 9.76. The van der Waals surface area contributed by atoms with Gasteiger partial charge in [0, 0.05) is 35.2 Å². The molecule has 0 saturated carbocycles. The van der Waals surface area contributed by atoms with E-state index < -0.39 is 12.7 Å². The van der Waals surface area contributed by atoms with Crippen molar-refractivity contribution in [3.05, 3.63) is 48.0 Å². The van der Waals surface area contributed by atoms with Crippen LogP contribution in [0.4, 0.5) is 24.5 Å². The Kier molecular flexibility index (Phi) is 5.95. The van der Waals surface area contributed by atoms with Crippen molar-refractivity contribution < 1.29 is 13.2 Å². The van der Waals surface area contributed by atoms with Gasteiger partial charge in [-0.1, -0.05) is 0 Å². The van der Waals surface area contributed by atoms with Crippen LogP contribution in [-0.2, 0) is 0 Å². The fourth-order valence-corrected chi connectivity index (χ4v) is 1.43. The third-order valence-electron chi connectivity index (χ3n) is 2.31. The minimum atomic E-state index is -4.18. The number of rotatable bonds is 2. The van der Waals surface area contributed by atoms with Crippen molar-refractivity contribution in [2.75, 3.05) is 17.6 Å². The predicted molar refractivity (Wildman–Crippen MR) is 76.9 cm³/mol. The molecule has 0 aromatic carbocycles. The molecule has 21 heavy (non-hydrogen) atoms. The largest absolute Gasteiger partial charge is 0.405 e. The van der Waals surface area contributed by atoms with Gasteiger partial charge in [0.25, 0.3) is 0 Å². The molecule has 0 radical (unpaired) electrons. The Morgan fingerprint density at radius 1 is 1.05 bits per heavy atom. The van der Waals surface area contributed by atoms with Gasteiger partial charge in [-0.3, -0.25) is 9.97 Å². The first kappa shape index (κ1) is 16.7. The number of nitrogens with two attached hydrogens (primary N) is 1. The smallest absolute Gasteiger partial charge is 0.399 e. The van der Waals surface area contributed by atoms with E-state index in [-0.39, 0.29) is 0 Å². The van der Waals surface area contributed by atoms with Crippen LogP contribution in [-0.4, -0.2) is 22.7 Å². The lowest BCUT2D eigenvalue weighted by Crippen LogP contribution is -2.21. The van der Waals surface area contributed by atoms with Crippen LogP contribution in [0.5, 0.6) is 0 Å². The van der Waals surface area contributed by atoms with Crippen LogP contribution in [0.2, 0.25) is 0 Å². The number of hydrogen-bond acceptors (Lipinski definition) is 4. The zero-order valence-electron chi connectivity index (χ0n) is 11.8. The molecule has 2 aromatic heterocycles. The number of alkyl halides is 3. The molecular weight excluding hydrogens is 281 g/mol. The van der Waals surface area contributed by atoms with Crippen LogP contribution in [0.15, 0.2) is 36.7 Å². The number of anilines is 2. The summed E-state index contributed by atoms with van der Waals surface area (Å²) in [6.45, 7) is 2.62. The molecule has 2 rings (SSSR count). The summed E-state index contributed by atoms with van der Waals surface area (Å²) in [7, 11) is 0. The second kappa shape index (κ2) is 7.47. The van der Waals surface area contributed by atoms with Crippen molar-refractivity contribution in [3.63, 3.8) is 0 Å². The molecule has 0 aliphatic heterocycles. The van der Waals surface area contributed by atoms with Crippen molar-refractivity contribution in [2.45, 2.75) is 20.0 Å². The van der Waals surface area contributed by atoms with Crippen molar-refractivity contribution in [1.82, 2.24) is 9.97 Å². The third kappa shape index (κ3) is 7.76. The summed E-state index contributed by atoms with van der Waals surface area (Å²) in [4.78, 5) is 7.82. The first-order valence-corrected chi connectivity index (χ1v) is 6.18. The van der Waals surface area contributed by atoms with E-state index >= 15 is 0 Å². The minimum absolute atomic E-state index is 0.435. The number of nitrogens with one attached hydrogen (secondary N) is 1. The van der Waals surface area contributed by atoms with Gasteiger partial charge >= 0.3 is 6.18 Å². The minimum Gasteiger partial charge on any atom is -0.399 e. The van der Waals surface area contributed by atoms with Gasteiger partial charge in [0.05, 0.1) is 0 Å². The molecular formula is C14H17F3N4. The Hall–Kier alpha value is -2.31. The van der Waals surface area contributed by atoms with E-state index in [0.29, 0.717) is 11.4 Å². The molecule has 0 spiro atoms. The maximum Gasteiger partial charge on any atom is 0.405 e. The Labute approximate surface area is 121 Å². The van der Waals surface area contributed by atoms with Crippen molar-refractivity contribution in [1.29, 1.82) is 0 Å². The van der Waals surface area contributed by atoms with Gasteiger partial charge in [-0.15, -0.1) is 0 Å². The average molecular weight is 298 g/mol. The van der Waals surface area contributed by atoms with Gasteiger partial charge in [0.15, 0.2) is 0 Å². The van der Waals surface area contributed by atoms with Crippen LogP contribution in [0.3, 0.4) is 0 Å². The third-order valence-corrected chi connectivity index (χ3v) is 2.31. The summed E-state index contributed by atoms with van der Waals surface area (Å²) >= 11 is 0. The normalized spacial score (nSPS) is 10.5. The van der Waals surface area contributed by atoms with Crippen molar-refractivity contribution in [3.8, 4) is 0 Å². The number of nitrogens with zero attached hydrogens (tertiary/aromatic N) is 2. The van der Waals surface area contributed by atoms with E-state index in [1.54, 1.807) is 25.3 Å². The van der Waals surface area contributed by atoms with Crippen LogP contribution < -0.4 is 11.1 Å². The molecule has 3 N–H and O–H groups in total. The molecule has 0 bridgehead atoms. The summed E-state index contributed by atoms with van der Waals surface area (Å²) in [5.74, 6) is 0. The fourth-order valence-electron chi connectivity index (χ4n) is 1.43. The second-order valence-electron chi connectivity index (χ2n) is 4.39. The van der Waals surface area contributed by atoms with E-state index in [0.717, 1.165) is 11.4 Å². The van der Waals surface area contributed by atoms with Gasteiger partial charge in [-0.05, 0) is 38.1 Å². The van der Waals surface area contributed by atoms with Gasteiger partial charge in [0.2, 0.25) is 0 Å². The Morgan fingerprint density at radius 2 is 1.62 bits per heavy atom. The summed E-state index contributed by atoms with van der Waals surface area (Å²) in [6.07, 6.45) is -1.02. The van der Waals surface area contributed by atoms with E-state index in [2.05, 4.69) is 15.3 Å². The Bertz CT molecular complexity index is 553. The standard InChI is InChI=1S/C8H9F3N2.C6H8N2/c1-6-4-7(2-3-12-6)13-5-8(9,10)11;1-5-4-6(7)2-3-8-5/h2-4H,5H2,1H3,(H,12,13);2-4H,1H3,(H2,7,8). The lowest BCUT2D eigenvalue weighted by Gasteiger charge is -2.09. The van der Waals surface area contributed by atoms with Crippen LogP contribution in [0, 0.1) is 13.8 Å². The van der Waals surface area contributed by atoms with Gasteiger partial charge in [-0.25, -0.2) is 0 Å². The lowest BCUT2D eigenvalue weighted by atomic mass is 10.3. The first-order valence-electron chi connectivity index (χ1n) is 6.18. The van der Waals surface area contributed by atoms with Gasteiger partial charge in [-0.2, -0.15) is 13.2 Å². The van der Waals surface area contributed by atoms with Gasteiger partial charge < -0.3 is 11.1 Å². The summed E-state index contributed by atoms with van der Waals surface area (Å²) in [5.41, 5.74) is 8.28. The number of pyridine rings is 2. The van der Waals surface area contributed by atoms with E-state index in [9.17, 15) is 13.2 Å². The maximum atomic E-state index is 11.8. The quantitative estimate of drug-likeness (QED) is 0.892. The number of nitrogen functional groups attached to an aromatic ring is 1. The molecule has 7 heteroatoms. The van der Waals surface area contributed by atoms with Crippen molar-refractivity contribution >= 4 is 11.4 Å². The maximum absolute atomic E-state index is 11.8. The molecule has 0 aliphatic rings. The van der Waals surface area contributed by atoms with Crippen LogP contribution in [0.1, 0.15) is 11.4 Å². The molecule has 0 amide bonds. The summed E-state index contributed by atoms with van der Waals surface area (Å²) in [5, 5.41) is 2.26. The molecule has 2 aromatic rings. The Morgan fingerprint density at radius 3 is 2.05 bits per heavy atom. The Balaban J connectivity index is 0.000000235. The number of aromatic nitrogens is 2. The molecule has 4 nitrogen and oxygen atoms in total. The van der Waals surface area contributed by atoms with Gasteiger partial charge in [0.1, 0.15) is 6.54 Å². The second-order valence-corrected chi connectivity index (χ2v) is 4.39. The summed E-state index contributed by atoms with van der Waals surface area (Å²) < 4.78 is 35.3. The zero-order chi connectivity index (χ0) is 15.9. The van der Waals surface area contributed by atoms with E-state index in [4.69, 9.17) is 5.73 Å². The highest BCUT2D eigenvalue weighted by Gasteiger charge is 2.26. The van der Waals surface area contributed by atoms with Crippen LogP contribution in [0.25, 0.3) is 0 Å². The lowest BCUT2D eigenvalue weighted by molar-refractivity contribution is -0.115. The van der Waals surface area contributed by atoms with Crippen molar-refractivity contribution in [2.24, 2.45) is 0 Å². The predicted octanol–water partition coefficient (Wildman–Crippen LogP) is 3.34. The van der Waals surface area contributed by atoms with E-state index in [1.807, 2.05) is 13.0 Å². The molecule has 114 valence electrons. The monoisotopic (exact) mass is 298 g/mol. The number of hydrogen-bond donors (Lipinski definition) is 2. The summed E-state index contributed by atoms with van der Waals surface area (Å²) in [6, 6.07) is 6.66. The molecule has 0 aliphatic carbocycles. The zero-order valence-corrected chi connectivity index (χ0v) is 11.8. The molecule has 0 atom stereocenters. The average Bonchev–Trinajstić information content (AvgIpc) is 2.36. The molecule has 0 unspecified atom stereocenters. The fraction of sp³-hybridized carbons (Fsp3) is 0.286. The molecule has 2 heterocycles. The molecule has 0 saturated heterocycles. The topological polar surface area (TPSA) is 63.8 Å².